The summed E-state index contributed by atoms with van der Waals surface area (Å²) in [6.07, 6.45) is 5.25. The Morgan fingerprint density at radius 1 is 1.19 bits per heavy atom. The smallest absolute Gasteiger partial charge is 0.338 e. The van der Waals surface area contributed by atoms with Crippen molar-refractivity contribution in [3.63, 3.8) is 0 Å². The first kappa shape index (κ1) is 17.2. The van der Waals surface area contributed by atoms with E-state index in [1.54, 1.807) is 31.4 Å². The van der Waals surface area contributed by atoms with Crippen LogP contribution in [0, 0.1) is 0 Å². The van der Waals surface area contributed by atoms with Crippen LogP contribution in [0.5, 0.6) is 0 Å². The molecule has 1 aromatic carbocycles. The van der Waals surface area contributed by atoms with E-state index in [4.69, 9.17) is 21.1 Å². The molecule has 0 N–H and O–H groups in total. The number of esters is 1. The number of allylic oxidation sites excluding steroid dienone is 5. The molecule has 0 aliphatic carbocycles. The van der Waals surface area contributed by atoms with Gasteiger partial charge in [0.1, 0.15) is 6.61 Å². The molecule has 0 bridgehead atoms. The molecule has 0 atom stereocenters. The molecule has 4 heteroatoms. The number of methoxy groups -OCH3 is 1. The molecule has 0 fully saturated rings. The van der Waals surface area contributed by atoms with E-state index < -0.39 is 0 Å². The van der Waals surface area contributed by atoms with E-state index >= 15 is 0 Å². The largest absolute Gasteiger partial charge is 0.460 e. The van der Waals surface area contributed by atoms with Crippen LogP contribution in [0.25, 0.3) is 5.57 Å². The minimum Gasteiger partial charge on any atom is -0.460 e. The Hall–Kier alpha value is -1.84. The number of rotatable bonds is 7. The molecule has 1 aromatic rings. The molecule has 0 unspecified atom stereocenters. The summed E-state index contributed by atoms with van der Waals surface area (Å²) >= 11 is 5.85. The fourth-order valence-electron chi connectivity index (χ4n) is 1.54. The van der Waals surface area contributed by atoms with Crippen LogP contribution in [0.4, 0.5) is 0 Å². The lowest BCUT2D eigenvalue weighted by Crippen LogP contribution is -2.09. The highest BCUT2D eigenvalue weighted by atomic mass is 35.5. The average molecular weight is 307 g/mol. The second-order valence-corrected chi connectivity index (χ2v) is 4.75. The van der Waals surface area contributed by atoms with Crippen LogP contribution in [0.2, 0.25) is 0 Å². The Morgan fingerprint density at radius 2 is 1.81 bits per heavy atom. The molecule has 21 heavy (non-hydrogen) atoms. The van der Waals surface area contributed by atoms with Gasteiger partial charge in [-0.1, -0.05) is 42.5 Å². The fraction of sp³-hybridized carbons (Fsp3) is 0.235. The van der Waals surface area contributed by atoms with Gasteiger partial charge < -0.3 is 9.47 Å². The van der Waals surface area contributed by atoms with Crippen molar-refractivity contribution in [3.05, 3.63) is 65.2 Å². The zero-order chi connectivity index (χ0) is 15.7. The minimum atomic E-state index is -0.352. The SMILES string of the molecule is C=C/C(Cl)=C\C=C(/C)c1ccc(C(=O)OCCOC)cc1. The predicted octanol–water partition coefficient (Wildman–Crippen LogP) is 4.20. The number of ether oxygens (including phenoxy) is 2. The summed E-state index contributed by atoms with van der Waals surface area (Å²) in [4.78, 5) is 11.7. The number of hydrogen-bond acceptors (Lipinski definition) is 3. The Balaban J connectivity index is 2.73. The molecule has 0 aromatic heterocycles. The van der Waals surface area contributed by atoms with Gasteiger partial charge in [0.15, 0.2) is 0 Å². The van der Waals surface area contributed by atoms with Gasteiger partial charge in [0.2, 0.25) is 0 Å². The van der Waals surface area contributed by atoms with Gasteiger partial charge in [0, 0.05) is 12.1 Å². The normalized spacial score (nSPS) is 12.1. The molecule has 0 saturated carbocycles. The van der Waals surface area contributed by atoms with Crippen molar-refractivity contribution in [3.8, 4) is 0 Å². The summed E-state index contributed by atoms with van der Waals surface area (Å²) in [5.41, 5.74) is 2.56. The molecule has 112 valence electrons. The van der Waals surface area contributed by atoms with Gasteiger partial charge >= 0.3 is 5.97 Å². The first-order chi connectivity index (χ1) is 10.1. The number of carbonyl (C=O) groups is 1. The lowest BCUT2D eigenvalue weighted by atomic mass is 10.0. The standard InChI is InChI=1S/C17H19ClO3/c1-4-16(18)10-5-13(2)14-6-8-15(9-7-14)17(19)21-12-11-20-3/h4-10H,1,11-12H2,2-3H3/b13-5+,16-10+. The molecular weight excluding hydrogens is 288 g/mol. The van der Waals surface area contributed by atoms with Crippen molar-refractivity contribution in [2.45, 2.75) is 6.92 Å². The molecule has 0 heterocycles. The highest BCUT2D eigenvalue weighted by Crippen LogP contribution is 2.16. The molecule has 0 aliphatic heterocycles. The molecule has 0 saturated heterocycles. The molecule has 1 rings (SSSR count). The molecule has 0 spiro atoms. The second kappa shape index (κ2) is 9.16. The lowest BCUT2D eigenvalue weighted by Gasteiger charge is -2.05. The van der Waals surface area contributed by atoms with Crippen LogP contribution in [-0.4, -0.2) is 26.3 Å². The minimum absolute atomic E-state index is 0.251. The molecular formula is C17H19ClO3. The van der Waals surface area contributed by atoms with E-state index in [1.807, 2.05) is 25.1 Å². The fourth-order valence-corrected chi connectivity index (χ4v) is 1.60. The van der Waals surface area contributed by atoms with Crippen LogP contribution in [0.15, 0.2) is 54.1 Å². The van der Waals surface area contributed by atoms with E-state index in [0.29, 0.717) is 17.2 Å². The van der Waals surface area contributed by atoms with Gasteiger partial charge in [-0.3, -0.25) is 0 Å². The zero-order valence-corrected chi connectivity index (χ0v) is 13.0. The molecule has 3 nitrogen and oxygen atoms in total. The van der Waals surface area contributed by atoms with Gasteiger partial charge in [-0.15, -0.1) is 0 Å². The monoisotopic (exact) mass is 306 g/mol. The summed E-state index contributed by atoms with van der Waals surface area (Å²) in [5.74, 6) is -0.352. The highest BCUT2D eigenvalue weighted by Gasteiger charge is 2.06. The van der Waals surface area contributed by atoms with E-state index in [-0.39, 0.29) is 12.6 Å². The van der Waals surface area contributed by atoms with E-state index in [0.717, 1.165) is 11.1 Å². The number of halogens is 1. The number of carbonyl (C=O) groups excluding carboxylic acids is 1. The molecule has 0 radical (unpaired) electrons. The van der Waals surface area contributed by atoms with Crippen LogP contribution in [0.3, 0.4) is 0 Å². The number of benzene rings is 1. The van der Waals surface area contributed by atoms with Crippen molar-refractivity contribution in [1.29, 1.82) is 0 Å². The molecule has 0 aliphatic rings. The van der Waals surface area contributed by atoms with E-state index in [1.165, 1.54) is 0 Å². The Morgan fingerprint density at radius 3 is 2.38 bits per heavy atom. The van der Waals surface area contributed by atoms with Gasteiger partial charge in [-0.25, -0.2) is 4.79 Å². The number of hydrogen-bond donors (Lipinski definition) is 0. The summed E-state index contributed by atoms with van der Waals surface area (Å²) in [5, 5.41) is 0.577. The topological polar surface area (TPSA) is 35.5 Å². The summed E-state index contributed by atoms with van der Waals surface area (Å²) in [6, 6.07) is 7.21. The van der Waals surface area contributed by atoms with Crippen LogP contribution in [0.1, 0.15) is 22.8 Å². The van der Waals surface area contributed by atoms with Gasteiger partial charge in [0.05, 0.1) is 12.2 Å². The zero-order valence-electron chi connectivity index (χ0n) is 12.3. The highest BCUT2D eigenvalue weighted by molar-refractivity contribution is 6.31. The van der Waals surface area contributed by atoms with Crippen molar-refractivity contribution in [2.75, 3.05) is 20.3 Å². The quantitative estimate of drug-likeness (QED) is 0.430. The van der Waals surface area contributed by atoms with Crippen LogP contribution < -0.4 is 0 Å². The lowest BCUT2D eigenvalue weighted by molar-refractivity contribution is 0.0388. The Kier molecular flexibility index (Phi) is 7.51. The van der Waals surface area contributed by atoms with Crippen LogP contribution >= 0.6 is 11.6 Å². The summed E-state index contributed by atoms with van der Waals surface area (Å²) < 4.78 is 9.87. The van der Waals surface area contributed by atoms with Gasteiger partial charge in [-0.2, -0.15) is 0 Å². The first-order valence-corrected chi connectivity index (χ1v) is 6.89. The third kappa shape index (κ3) is 5.98. The predicted molar refractivity (Wildman–Crippen MR) is 86.4 cm³/mol. The summed E-state index contributed by atoms with van der Waals surface area (Å²) in [6.45, 7) is 6.19. The third-order valence-electron chi connectivity index (χ3n) is 2.78. The van der Waals surface area contributed by atoms with E-state index in [2.05, 4.69) is 6.58 Å². The van der Waals surface area contributed by atoms with Crippen LogP contribution in [-0.2, 0) is 9.47 Å². The average Bonchev–Trinajstić information content (AvgIpc) is 2.52. The van der Waals surface area contributed by atoms with E-state index in [9.17, 15) is 4.79 Å². The van der Waals surface area contributed by atoms with Crippen molar-refractivity contribution < 1.29 is 14.3 Å². The van der Waals surface area contributed by atoms with Crippen molar-refractivity contribution in [2.24, 2.45) is 0 Å². The summed E-state index contributed by atoms with van der Waals surface area (Å²) in [7, 11) is 1.56. The maximum Gasteiger partial charge on any atom is 0.338 e. The van der Waals surface area contributed by atoms with Crippen molar-refractivity contribution in [1.82, 2.24) is 0 Å². The Bertz CT molecular complexity index is 542. The molecule has 0 amide bonds. The van der Waals surface area contributed by atoms with Gasteiger partial charge in [-0.05, 0) is 36.3 Å². The maximum atomic E-state index is 11.7. The second-order valence-electron chi connectivity index (χ2n) is 4.31. The maximum absolute atomic E-state index is 11.7. The van der Waals surface area contributed by atoms with Gasteiger partial charge in [0.25, 0.3) is 0 Å². The Labute approximate surface area is 130 Å². The van der Waals surface area contributed by atoms with Crippen molar-refractivity contribution >= 4 is 23.1 Å². The third-order valence-corrected chi connectivity index (χ3v) is 3.06. The first-order valence-electron chi connectivity index (χ1n) is 6.51.